The van der Waals surface area contributed by atoms with Crippen LogP contribution in [-0.4, -0.2) is 6.54 Å². The van der Waals surface area contributed by atoms with Gasteiger partial charge in [-0.3, -0.25) is 0 Å². The van der Waals surface area contributed by atoms with Gasteiger partial charge in [-0.2, -0.15) is 0 Å². The Morgan fingerprint density at radius 1 is 1.06 bits per heavy atom. The van der Waals surface area contributed by atoms with E-state index in [-0.39, 0.29) is 0 Å². The molecule has 0 aliphatic rings. The molecule has 0 radical (unpaired) electrons. The zero-order chi connectivity index (χ0) is 11.4. The summed E-state index contributed by atoms with van der Waals surface area (Å²) in [6.07, 6.45) is 1.06. The lowest BCUT2D eigenvalue weighted by Crippen LogP contribution is -2.04. The van der Waals surface area contributed by atoms with E-state index in [0.29, 0.717) is 0 Å². The van der Waals surface area contributed by atoms with Gasteiger partial charge in [-0.05, 0) is 61.9 Å². The molecule has 16 heavy (non-hydrogen) atoms. The molecule has 1 aromatic carbocycles. The number of benzene rings is 1. The van der Waals surface area contributed by atoms with Gasteiger partial charge < -0.3 is 5.32 Å². The fourth-order valence-corrected chi connectivity index (χ4v) is 3.42. The smallest absolute Gasteiger partial charge is 0.0629 e. The molecule has 0 atom stereocenters. The van der Waals surface area contributed by atoms with Crippen LogP contribution in [0.5, 0.6) is 0 Å². The van der Waals surface area contributed by atoms with Crippen LogP contribution in [-0.2, 0) is 6.42 Å². The minimum Gasteiger partial charge on any atom is -0.383 e. The largest absolute Gasteiger partial charge is 0.383 e. The number of rotatable bonds is 4. The number of nitrogens with one attached hydrogen (secondary N) is 1. The highest BCUT2D eigenvalue weighted by molar-refractivity contribution is 9.11. The monoisotopic (exact) mass is 359 g/mol. The molecule has 0 aliphatic carbocycles. The number of thiophene rings is 1. The van der Waals surface area contributed by atoms with Crippen LogP contribution in [0.15, 0.2) is 44.7 Å². The van der Waals surface area contributed by atoms with E-state index in [1.165, 1.54) is 4.88 Å². The van der Waals surface area contributed by atoms with E-state index in [1.54, 1.807) is 11.3 Å². The number of halogens is 2. The standard InChI is InChI=1S/C12H11Br2NS/c13-10-4-1-5-11(14)12(10)15-7-6-9-3-2-8-16-9/h1-5,8,15H,6-7H2. The van der Waals surface area contributed by atoms with Gasteiger partial charge in [0.25, 0.3) is 0 Å². The Morgan fingerprint density at radius 3 is 2.44 bits per heavy atom. The third-order valence-electron chi connectivity index (χ3n) is 2.22. The van der Waals surface area contributed by atoms with Crippen molar-refractivity contribution in [3.8, 4) is 0 Å². The molecule has 0 saturated heterocycles. The third kappa shape index (κ3) is 3.09. The highest BCUT2D eigenvalue weighted by Gasteiger charge is 2.03. The van der Waals surface area contributed by atoms with Gasteiger partial charge >= 0.3 is 0 Å². The van der Waals surface area contributed by atoms with Gasteiger partial charge in [-0.15, -0.1) is 11.3 Å². The van der Waals surface area contributed by atoms with Gasteiger partial charge in [0.05, 0.1) is 5.69 Å². The van der Waals surface area contributed by atoms with Crippen molar-refractivity contribution in [2.45, 2.75) is 6.42 Å². The summed E-state index contributed by atoms with van der Waals surface area (Å²) in [5, 5.41) is 5.55. The highest BCUT2D eigenvalue weighted by Crippen LogP contribution is 2.30. The lowest BCUT2D eigenvalue weighted by Gasteiger charge is -2.09. The van der Waals surface area contributed by atoms with Gasteiger partial charge in [0.2, 0.25) is 0 Å². The van der Waals surface area contributed by atoms with Crippen LogP contribution in [0.1, 0.15) is 4.88 Å². The third-order valence-corrected chi connectivity index (χ3v) is 4.47. The number of hydrogen-bond donors (Lipinski definition) is 1. The Labute approximate surface area is 116 Å². The van der Waals surface area contributed by atoms with Crippen molar-refractivity contribution in [3.05, 3.63) is 49.5 Å². The molecule has 0 spiro atoms. The van der Waals surface area contributed by atoms with E-state index in [2.05, 4.69) is 54.7 Å². The van der Waals surface area contributed by atoms with Crippen molar-refractivity contribution >= 4 is 48.9 Å². The normalized spacial score (nSPS) is 10.4. The van der Waals surface area contributed by atoms with E-state index in [4.69, 9.17) is 0 Å². The quantitative estimate of drug-likeness (QED) is 0.815. The Kier molecular flexibility index (Phi) is 4.44. The molecular formula is C12H11Br2NS. The van der Waals surface area contributed by atoms with Crippen LogP contribution >= 0.6 is 43.2 Å². The predicted molar refractivity (Wildman–Crippen MR) is 78.4 cm³/mol. The van der Waals surface area contributed by atoms with Crippen LogP contribution in [0.4, 0.5) is 5.69 Å². The molecule has 0 saturated carbocycles. The number of anilines is 1. The molecule has 0 aliphatic heterocycles. The molecule has 4 heteroatoms. The van der Waals surface area contributed by atoms with E-state index in [9.17, 15) is 0 Å². The van der Waals surface area contributed by atoms with Gasteiger partial charge in [0.1, 0.15) is 0 Å². The van der Waals surface area contributed by atoms with E-state index in [0.717, 1.165) is 27.6 Å². The predicted octanol–water partition coefficient (Wildman–Crippen LogP) is 4.93. The Balaban J connectivity index is 1.95. The minimum atomic E-state index is 0.946. The van der Waals surface area contributed by atoms with Crippen LogP contribution < -0.4 is 5.32 Å². The summed E-state index contributed by atoms with van der Waals surface area (Å²) in [6.45, 7) is 0.946. The summed E-state index contributed by atoms with van der Waals surface area (Å²) < 4.78 is 2.18. The number of hydrogen-bond acceptors (Lipinski definition) is 2. The molecule has 0 amide bonds. The molecule has 0 bridgehead atoms. The summed E-state index contributed by atoms with van der Waals surface area (Å²) in [4.78, 5) is 1.41. The topological polar surface area (TPSA) is 12.0 Å². The average molecular weight is 361 g/mol. The second-order valence-corrected chi connectivity index (χ2v) is 6.09. The van der Waals surface area contributed by atoms with Crippen molar-refractivity contribution in [3.63, 3.8) is 0 Å². The summed E-state index contributed by atoms with van der Waals surface area (Å²) >= 11 is 8.88. The van der Waals surface area contributed by atoms with E-state index in [1.807, 2.05) is 18.2 Å². The van der Waals surface area contributed by atoms with Crippen molar-refractivity contribution in [1.82, 2.24) is 0 Å². The Bertz CT molecular complexity index is 434. The average Bonchev–Trinajstić information content (AvgIpc) is 2.75. The molecular weight excluding hydrogens is 350 g/mol. The molecule has 84 valence electrons. The SMILES string of the molecule is Brc1cccc(Br)c1NCCc1cccs1. The molecule has 1 aromatic heterocycles. The lowest BCUT2D eigenvalue weighted by atomic mass is 10.3. The van der Waals surface area contributed by atoms with Gasteiger partial charge in [0.15, 0.2) is 0 Å². The maximum Gasteiger partial charge on any atom is 0.0629 e. The van der Waals surface area contributed by atoms with Crippen molar-refractivity contribution in [2.75, 3.05) is 11.9 Å². The minimum absolute atomic E-state index is 0.946. The fraction of sp³-hybridized carbons (Fsp3) is 0.167. The number of para-hydroxylation sites is 1. The molecule has 1 N–H and O–H groups in total. The first-order valence-corrected chi connectivity index (χ1v) is 7.44. The van der Waals surface area contributed by atoms with E-state index < -0.39 is 0 Å². The van der Waals surface area contributed by atoms with Crippen LogP contribution in [0.3, 0.4) is 0 Å². The van der Waals surface area contributed by atoms with Crippen LogP contribution in [0.2, 0.25) is 0 Å². The molecule has 0 fully saturated rings. The second-order valence-electron chi connectivity index (χ2n) is 3.35. The van der Waals surface area contributed by atoms with E-state index >= 15 is 0 Å². The second kappa shape index (κ2) is 5.84. The molecule has 1 heterocycles. The highest BCUT2D eigenvalue weighted by atomic mass is 79.9. The van der Waals surface area contributed by atoms with Crippen LogP contribution in [0.25, 0.3) is 0 Å². The van der Waals surface area contributed by atoms with Crippen molar-refractivity contribution < 1.29 is 0 Å². The summed E-state index contributed by atoms with van der Waals surface area (Å²) in [5.74, 6) is 0. The Morgan fingerprint density at radius 2 is 1.81 bits per heavy atom. The lowest BCUT2D eigenvalue weighted by molar-refractivity contribution is 1.04. The molecule has 2 aromatic rings. The maximum atomic E-state index is 3.54. The van der Waals surface area contributed by atoms with Gasteiger partial charge in [-0.1, -0.05) is 12.1 Å². The first-order valence-electron chi connectivity index (χ1n) is 4.97. The van der Waals surface area contributed by atoms with Crippen molar-refractivity contribution in [1.29, 1.82) is 0 Å². The fourth-order valence-electron chi connectivity index (χ4n) is 1.43. The van der Waals surface area contributed by atoms with Crippen molar-refractivity contribution in [2.24, 2.45) is 0 Å². The summed E-state index contributed by atoms with van der Waals surface area (Å²) in [7, 11) is 0. The molecule has 1 nitrogen and oxygen atoms in total. The molecule has 2 rings (SSSR count). The zero-order valence-electron chi connectivity index (χ0n) is 8.54. The molecule has 0 unspecified atom stereocenters. The first-order chi connectivity index (χ1) is 7.77. The van der Waals surface area contributed by atoms with Gasteiger partial charge in [0, 0.05) is 20.4 Å². The summed E-state index contributed by atoms with van der Waals surface area (Å²) in [6, 6.07) is 10.4. The zero-order valence-corrected chi connectivity index (χ0v) is 12.5. The maximum absolute atomic E-state index is 3.54. The van der Waals surface area contributed by atoms with Gasteiger partial charge in [-0.25, -0.2) is 0 Å². The van der Waals surface area contributed by atoms with Crippen LogP contribution in [0, 0.1) is 0 Å². The Hall–Kier alpha value is -0.320. The first kappa shape index (κ1) is 12.1. The summed E-state index contributed by atoms with van der Waals surface area (Å²) in [5.41, 5.74) is 1.12.